The average molecular weight is 334 g/mol. The predicted octanol–water partition coefficient (Wildman–Crippen LogP) is 2.34. The number of hydrogen-bond acceptors (Lipinski definition) is 4. The van der Waals surface area contributed by atoms with E-state index in [0.29, 0.717) is 12.2 Å². The van der Waals surface area contributed by atoms with Crippen LogP contribution < -0.4 is 4.74 Å². The Labute approximate surface area is 145 Å². The summed E-state index contributed by atoms with van der Waals surface area (Å²) >= 11 is 0. The fourth-order valence-corrected chi connectivity index (χ4v) is 3.01. The molecule has 25 heavy (non-hydrogen) atoms. The van der Waals surface area contributed by atoms with Crippen molar-refractivity contribution in [1.29, 1.82) is 0 Å². The van der Waals surface area contributed by atoms with Gasteiger partial charge in [0.2, 0.25) is 0 Å². The number of amides is 1. The number of likely N-dealkylation sites (N-methyl/N-ethyl adjacent to an activating group) is 1. The van der Waals surface area contributed by atoms with E-state index in [1.807, 2.05) is 48.5 Å². The standard InChI is InChI=1S/C19H18N4O2/c1-22(12-16-11-14-7-5-6-10-18(14)25-16)19(24)17-13-23(21-20-17)15-8-3-2-4-9-15/h2-10,13,16H,11-12H2,1H3/t16-/m1/s1. The van der Waals surface area contributed by atoms with Gasteiger partial charge in [-0.15, -0.1) is 5.10 Å². The van der Waals surface area contributed by atoms with E-state index in [4.69, 9.17) is 4.74 Å². The molecular formula is C19H18N4O2. The van der Waals surface area contributed by atoms with Gasteiger partial charge in [0.05, 0.1) is 18.4 Å². The lowest BCUT2D eigenvalue weighted by Crippen LogP contribution is -2.36. The molecule has 0 radical (unpaired) electrons. The molecule has 3 aromatic rings. The van der Waals surface area contributed by atoms with Crippen LogP contribution in [0.25, 0.3) is 5.69 Å². The maximum Gasteiger partial charge on any atom is 0.275 e. The topological polar surface area (TPSA) is 60.2 Å². The molecule has 0 spiro atoms. The van der Waals surface area contributed by atoms with Crippen LogP contribution in [-0.4, -0.2) is 45.5 Å². The Hall–Kier alpha value is -3.15. The average Bonchev–Trinajstić information content (AvgIpc) is 3.28. The minimum absolute atomic E-state index is 0.0319. The molecule has 6 nitrogen and oxygen atoms in total. The summed E-state index contributed by atoms with van der Waals surface area (Å²) in [6.07, 6.45) is 2.43. The van der Waals surface area contributed by atoms with Crippen LogP contribution in [0.5, 0.6) is 5.75 Å². The van der Waals surface area contributed by atoms with Crippen LogP contribution in [-0.2, 0) is 6.42 Å². The Morgan fingerprint density at radius 1 is 1.20 bits per heavy atom. The first-order chi connectivity index (χ1) is 12.2. The minimum Gasteiger partial charge on any atom is -0.488 e. The van der Waals surface area contributed by atoms with Crippen LogP contribution in [0.4, 0.5) is 0 Å². The van der Waals surface area contributed by atoms with Crippen molar-refractivity contribution in [2.75, 3.05) is 13.6 Å². The summed E-state index contributed by atoms with van der Waals surface area (Å²) < 4.78 is 7.50. The molecule has 1 amide bonds. The SMILES string of the molecule is CN(C[C@H]1Cc2ccccc2O1)C(=O)c1cn(-c2ccccc2)nn1. The van der Waals surface area contributed by atoms with Crippen molar-refractivity contribution in [3.8, 4) is 11.4 Å². The molecule has 126 valence electrons. The molecule has 4 rings (SSSR count). The third kappa shape index (κ3) is 3.10. The largest absolute Gasteiger partial charge is 0.488 e. The molecule has 1 aliphatic heterocycles. The summed E-state index contributed by atoms with van der Waals surface area (Å²) in [5.41, 5.74) is 2.37. The van der Waals surface area contributed by atoms with Crippen LogP contribution in [0, 0.1) is 0 Å². The molecule has 1 aliphatic rings. The Bertz CT molecular complexity index is 866. The van der Waals surface area contributed by atoms with E-state index in [1.165, 1.54) is 5.56 Å². The maximum atomic E-state index is 12.6. The van der Waals surface area contributed by atoms with E-state index < -0.39 is 0 Å². The highest BCUT2D eigenvalue weighted by molar-refractivity contribution is 5.91. The molecule has 6 heteroatoms. The second kappa shape index (κ2) is 6.39. The number of carbonyl (C=O) groups is 1. The van der Waals surface area contributed by atoms with Crippen molar-refractivity contribution in [1.82, 2.24) is 19.9 Å². The summed E-state index contributed by atoms with van der Waals surface area (Å²) in [5.74, 6) is 0.741. The monoisotopic (exact) mass is 334 g/mol. The van der Waals surface area contributed by atoms with Crippen LogP contribution in [0.15, 0.2) is 60.8 Å². The highest BCUT2D eigenvalue weighted by Gasteiger charge is 2.26. The molecule has 0 unspecified atom stereocenters. The van der Waals surface area contributed by atoms with Crippen LogP contribution in [0.3, 0.4) is 0 Å². The third-order valence-corrected chi connectivity index (χ3v) is 4.27. The lowest BCUT2D eigenvalue weighted by molar-refractivity contribution is 0.0724. The van der Waals surface area contributed by atoms with E-state index in [-0.39, 0.29) is 12.0 Å². The summed E-state index contributed by atoms with van der Waals surface area (Å²) in [6.45, 7) is 0.506. The van der Waals surface area contributed by atoms with Gasteiger partial charge in [0.1, 0.15) is 11.9 Å². The van der Waals surface area contributed by atoms with Crippen molar-refractivity contribution in [2.45, 2.75) is 12.5 Å². The van der Waals surface area contributed by atoms with Crippen molar-refractivity contribution >= 4 is 5.91 Å². The number of nitrogens with zero attached hydrogens (tertiary/aromatic N) is 4. The summed E-state index contributed by atoms with van der Waals surface area (Å²) in [6, 6.07) is 17.6. The number of fused-ring (bicyclic) bond motifs is 1. The summed E-state index contributed by atoms with van der Waals surface area (Å²) in [7, 11) is 1.76. The number of para-hydroxylation sites is 2. The first kappa shape index (κ1) is 15.4. The first-order valence-electron chi connectivity index (χ1n) is 8.18. The molecule has 2 heterocycles. The third-order valence-electron chi connectivity index (χ3n) is 4.27. The maximum absolute atomic E-state index is 12.6. The normalized spacial score (nSPS) is 15.5. The second-order valence-electron chi connectivity index (χ2n) is 6.12. The quantitative estimate of drug-likeness (QED) is 0.735. The van der Waals surface area contributed by atoms with E-state index in [1.54, 1.807) is 22.8 Å². The van der Waals surface area contributed by atoms with Gasteiger partial charge < -0.3 is 9.64 Å². The zero-order chi connectivity index (χ0) is 17.2. The van der Waals surface area contributed by atoms with Gasteiger partial charge in [0.15, 0.2) is 5.69 Å². The second-order valence-corrected chi connectivity index (χ2v) is 6.12. The van der Waals surface area contributed by atoms with Gasteiger partial charge in [-0.25, -0.2) is 4.68 Å². The number of hydrogen-bond donors (Lipinski definition) is 0. The molecule has 0 saturated carbocycles. The number of ether oxygens (including phenoxy) is 1. The van der Waals surface area contributed by atoms with E-state index >= 15 is 0 Å². The first-order valence-corrected chi connectivity index (χ1v) is 8.18. The van der Waals surface area contributed by atoms with Gasteiger partial charge in [-0.1, -0.05) is 41.6 Å². The highest BCUT2D eigenvalue weighted by Crippen LogP contribution is 2.28. The van der Waals surface area contributed by atoms with Crippen LogP contribution >= 0.6 is 0 Å². The molecule has 0 N–H and O–H groups in total. The minimum atomic E-state index is -0.165. The van der Waals surface area contributed by atoms with Crippen molar-refractivity contribution in [3.63, 3.8) is 0 Å². The van der Waals surface area contributed by atoms with Gasteiger partial charge in [-0.3, -0.25) is 4.79 Å². The van der Waals surface area contributed by atoms with Crippen molar-refractivity contribution in [3.05, 3.63) is 72.1 Å². The Kier molecular flexibility index (Phi) is 3.93. The van der Waals surface area contributed by atoms with Crippen LogP contribution in [0.1, 0.15) is 16.1 Å². The molecule has 0 saturated heterocycles. The smallest absolute Gasteiger partial charge is 0.275 e. The fourth-order valence-electron chi connectivity index (χ4n) is 3.01. The van der Waals surface area contributed by atoms with Gasteiger partial charge >= 0.3 is 0 Å². The molecule has 0 aliphatic carbocycles. The van der Waals surface area contributed by atoms with Gasteiger partial charge in [-0.2, -0.15) is 0 Å². The van der Waals surface area contributed by atoms with E-state index in [9.17, 15) is 4.79 Å². The number of aromatic nitrogens is 3. The molecule has 2 aromatic carbocycles. The van der Waals surface area contributed by atoms with E-state index in [0.717, 1.165) is 17.9 Å². The lowest BCUT2D eigenvalue weighted by Gasteiger charge is -2.20. The lowest BCUT2D eigenvalue weighted by atomic mass is 10.1. The van der Waals surface area contributed by atoms with Gasteiger partial charge in [0.25, 0.3) is 5.91 Å². The molecule has 1 aromatic heterocycles. The zero-order valence-electron chi connectivity index (χ0n) is 13.9. The van der Waals surface area contributed by atoms with Crippen molar-refractivity contribution in [2.24, 2.45) is 0 Å². The van der Waals surface area contributed by atoms with Gasteiger partial charge in [-0.05, 0) is 23.8 Å². The highest BCUT2D eigenvalue weighted by atomic mass is 16.5. The fraction of sp³-hybridized carbons (Fsp3) is 0.211. The predicted molar refractivity (Wildman–Crippen MR) is 92.9 cm³/mol. The molecule has 1 atom stereocenters. The number of rotatable bonds is 4. The molecule has 0 fully saturated rings. The summed E-state index contributed by atoms with van der Waals surface area (Å²) in [4.78, 5) is 14.2. The Morgan fingerprint density at radius 3 is 2.76 bits per heavy atom. The van der Waals surface area contributed by atoms with Crippen LogP contribution in [0.2, 0.25) is 0 Å². The summed E-state index contributed by atoms with van der Waals surface area (Å²) in [5, 5.41) is 8.05. The zero-order valence-corrected chi connectivity index (χ0v) is 13.9. The molecule has 0 bridgehead atoms. The Morgan fingerprint density at radius 2 is 1.96 bits per heavy atom. The number of carbonyl (C=O) groups excluding carboxylic acids is 1. The Balaban J connectivity index is 1.42. The van der Waals surface area contributed by atoms with Crippen molar-refractivity contribution < 1.29 is 9.53 Å². The van der Waals surface area contributed by atoms with Gasteiger partial charge in [0, 0.05) is 13.5 Å². The molecular weight excluding hydrogens is 316 g/mol. The number of benzene rings is 2. The van der Waals surface area contributed by atoms with E-state index in [2.05, 4.69) is 16.4 Å².